The van der Waals surface area contributed by atoms with Crippen molar-refractivity contribution in [3.05, 3.63) is 28.3 Å². The quantitative estimate of drug-likeness (QED) is 0.802. The van der Waals surface area contributed by atoms with Gasteiger partial charge in [-0.25, -0.2) is 9.37 Å². The standard InChI is InChI=1S/C11H14ClFN2/c1-7-11(13)9(4-10(12)15-7)6-14-5-8-2-3-8/h4,8,14H,2-3,5-6H2,1H3. The molecule has 0 atom stereocenters. The molecule has 2 nitrogen and oxygen atoms in total. The molecule has 0 aliphatic heterocycles. The van der Waals surface area contributed by atoms with Gasteiger partial charge in [0.15, 0.2) is 0 Å². The van der Waals surface area contributed by atoms with Gasteiger partial charge < -0.3 is 5.32 Å². The average Bonchev–Trinajstić information content (AvgIpc) is 2.97. The molecule has 1 N–H and O–H groups in total. The maximum atomic E-state index is 13.6. The number of rotatable bonds is 4. The summed E-state index contributed by atoms with van der Waals surface area (Å²) in [4.78, 5) is 3.85. The Bertz CT molecular complexity index is 364. The molecule has 1 aromatic rings. The number of pyridine rings is 1. The molecule has 2 rings (SSSR count). The number of hydrogen-bond donors (Lipinski definition) is 1. The van der Waals surface area contributed by atoms with E-state index in [1.54, 1.807) is 13.0 Å². The van der Waals surface area contributed by atoms with E-state index in [1.807, 2.05) is 0 Å². The highest BCUT2D eigenvalue weighted by Gasteiger charge is 2.20. The zero-order valence-electron chi connectivity index (χ0n) is 8.69. The molecule has 1 saturated carbocycles. The van der Waals surface area contributed by atoms with Crippen LogP contribution in [0.2, 0.25) is 5.15 Å². The van der Waals surface area contributed by atoms with E-state index >= 15 is 0 Å². The Balaban J connectivity index is 1.98. The topological polar surface area (TPSA) is 24.9 Å². The lowest BCUT2D eigenvalue weighted by atomic mass is 10.2. The Morgan fingerprint density at radius 3 is 3.00 bits per heavy atom. The Labute approximate surface area is 93.9 Å². The monoisotopic (exact) mass is 228 g/mol. The summed E-state index contributed by atoms with van der Waals surface area (Å²) < 4.78 is 13.6. The number of nitrogens with zero attached hydrogens (tertiary/aromatic N) is 1. The van der Waals surface area contributed by atoms with Crippen molar-refractivity contribution in [2.75, 3.05) is 6.54 Å². The first-order valence-corrected chi connectivity index (χ1v) is 5.57. The molecule has 0 saturated heterocycles. The fourth-order valence-corrected chi connectivity index (χ4v) is 1.80. The Morgan fingerprint density at radius 2 is 2.33 bits per heavy atom. The van der Waals surface area contributed by atoms with E-state index in [9.17, 15) is 4.39 Å². The fourth-order valence-electron chi connectivity index (χ4n) is 1.54. The predicted octanol–water partition coefficient (Wildman–Crippen LogP) is 2.68. The van der Waals surface area contributed by atoms with Crippen LogP contribution >= 0.6 is 11.6 Å². The van der Waals surface area contributed by atoms with E-state index in [4.69, 9.17) is 11.6 Å². The second-order valence-corrected chi connectivity index (χ2v) is 4.47. The molecule has 1 heterocycles. The highest BCUT2D eigenvalue weighted by molar-refractivity contribution is 6.29. The minimum atomic E-state index is -0.248. The Kier molecular flexibility index (Phi) is 3.22. The van der Waals surface area contributed by atoms with Gasteiger partial charge in [-0.1, -0.05) is 11.6 Å². The van der Waals surface area contributed by atoms with Crippen LogP contribution in [0, 0.1) is 18.7 Å². The Morgan fingerprint density at radius 1 is 1.60 bits per heavy atom. The van der Waals surface area contributed by atoms with Crippen LogP contribution in [0.25, 0.3) is 0 Å². The minimum absolute atomic E-state index is 0.248. The first-order valence-electron chi connectivity index (χ1n) is 5.19. The molecule has 15 heavy (non-hydrogen) atoms. The molecule has 4 heteroatoms. The molecule has 0 amide bonds. The first-order chi connectivity index (χ1) is 7.16. The van der Waals surface area contributed by atoms with Gasteiger partial charge in [0.25, 0.3) is 0 Å². The summed E-state index contributed by atoms with van der Waals surface area (Å²) in [5.41, 5.74) is 0.971. The predicted molar refractivity (Wildman–Crippen MR) is 58.4 cm³/mol. The van der Waals surface area contributed by atoms with Crippen LogP contribution in [-0.4, -0.2) is 11.5 Å². The van der Waals surface area contributed by atoms with Crippen LogP contribution in [0.1, 0.15) is 24.1 Å². The van der Waals surface area contributed by atoms with E-state index in [0.717, 1.165) is 12.5 Å². The lowest BCUT2D eigenvalue weighted by Gasteiger charge is -2.07. The van der Waals surface area contributed by atoms with Gasteiger partial charge in [-0.2, -0.15) is 0 Å². The number of aryl methyl sites for hydroxylation is 1. The van der Waals surface area contributed by atoms with Crippen molar-refractivity contribution in [1.82, 2.24) is 10.3 Å². The van der Waals surface area contributed by atoms with E-state index < -0.39 is 0 Å². The third-order valence-corrected chi connectivity index (χ3v) is 2.81. The largest absolute Gasteiger partial charge is 0.312 e. The third-order valence-electron chi connectivity index (χ3n) is 2.61. The zero-order valence-corrected chi connectivity index (χ0v) is 9.44. The van der Waals surface area contributed by atoms with Crippen LogP contribution in [0.5, 0.6) is 0 Å². The minimum Gasteiger partial charge on any atom is -0.312 e. The average molecular weight is 229 g/mol. The van der Waals surface area contributed by atoms with Crippen molar-refractivity contribution in [2.45, 2.75) is 26.3 Å². The summed E-state index contributed by atoms with van der Waals surface area (Å²) in [7, 11) is 0. The third kappa shape index (κ3) is 2.89. The molecule has 0 radical (unpaired) electrons. The zero-order chi connectivity index (χ0) is 10.8. The summed E-state index contributed by atoms with van der Waals surface area (Å²) in [6, 6.07) is 1.59. The number of aromatic nitrogens is 1. The highest BCUT2D eigenvalue weighted by Crippen LogP contribution is 2.27. The van der Waals surface area contributed by atoms with Crippen LogP contribution in [0.15, 0.2) is 6.07 Å². The first kappa shape index (κ1) is 10.8. The lowest BCUT2D eigenvalue weighted by molar-refractivity contribution is 0.565. The smallest absolute Gasteiger partial charge is 0.148 e. The number of halogens is 2. The number of hydrogen-bond acceptors (Lipinski definition) is 2. The van der Waals surface area contributed by atoms with E-state index in [1.165, 1.54) is 12.8 Å². The molecule has 1 fully saturated rings. The summed E-state index contributed by atoms with van der Waals surface area (Å²) >= 11 is 5.77. The van der Waals surface area contributed by atoms with Gasteiger partial charge in [0, 0.05) is 12.1 Å². The van der Waals surface area contributed by atoms with Gasteiger partial charge in [-0.3, -0.25) is 0 Å². The van der Waals surface area contributed by atoms with Crippen molar-refractivity contribution in [2.24, 2.45) is 5.92 Å². The van der Waals surface area contributed by atoms with Crippen LogP contribution in [0.4, 0.5) is 4.39 Å². The van der Waals surface area contributed by atoms with E-state index in [-0.39, 0.29) is 5.82 Å². The molecule has 0 bridgehead atoms. The highest BCUT2D eigenvalue weighted by atomic mass is 35.5. The molecule has 82 valence electrons. The number of nitrogens with one attached hydrogen (secondary N) is 1. The van der Waals surface area contributed by atoms with Crippen molar-refractivity contribution in [3.8, 4) is 0 Å². The maximum absolute atomic E-state index is 13.6. The molecule has 0 aromatic carbocycles. The van der Waals surface area contributed by atoms with E-state index in [2.05, 4.69) is 10.3 Å². The summed E-state index contributed by atoms with van der Waals surface area (Å²) in [5.74, 6) is 0.550. The Hall–Kier alpha value is -0.670. The van der Waals surface area contributed by atoms with Gasteiger partial charge in [-0.15, -0.1) is 0 Å². The van der Waals surface area contributed by atoms with Crippen LogP contribution in [0.3, 0.4) is 0 Å². The van der Waals surface area contributed by atoms with Crippen LogP contribution in [-0.2, 0) is 6.54 Å². The molecular formula is C11H14ClFN2. The van der Waals surface area contributed by atoms with Crippen molar-refractivity contribution < 1.29 is 4.39 Å². The molecule has 0 spiro atoms. The van der Waals surface area contributed by atoms with Crippen LogP contribution < -0.4 is 5.32 Å². The SMILES string of the molecule is Cc1nc(Cl)cc(CNCC2CC2)c1F. The molecular weight excluding hydrogens is 215 g/mol. The van der Waals surface area contributed by atoms with Gasteiger partial charge >= 0.3 is 0 Å². The van der Waals surface area contributed by atoms with Gasteiger partial charge in [0.2, 0.25) is 0 Å². The van der Waals surface area contributed by atoms with Gasteiger partial charge in [0.05, 0.1) is 5.69 Å². The fraction of sp³-hybridized carbons (Fsp3) is 0.545. The molecule has 1 aromatic heterocycles. The van der Waals surface area contributed by atoms with E-state index in [0.29, 0.717) is 23.0 Å². The molecule has 1 aliphatic carbocycles. The lowest BCUT2D eigenvalue weighted by Crippen LogP contribution is -2.17. The van der Waals surface area contributed by atoms with Gasteiger partial charge in [0.1, 0.15) is 11.0 Å². The summed E-state index contributed by atoms with van der Waals surface area (Å²) in [5, 5.41) is 3.59. The van der Waals surface area contributed by atoms with Crippen molar-refractivity contribution in [3.63, 3.8) is 0 Å². The maximum Gasteiger partial charge on any atom is 0.148 e. The summed E-state index contributed by atoms with van der Waals surface area (Å²) in [6.07, 6.45) is 2.59. The molecule has 0 unspecified atom stereocenters. The normalized spacial score (nSPS) is 15.7. The van der Waals surface area contributed by atoms with Gasteiger partial charge in [-0.05, 0) is 38.3 Å². The van der Waals surface area contributed by atoms with Crippen molar-refractivity contribution >= 4 is 11.6 Å². The van der Waals surface area contributed by atoms with Crippen molar-refractivity contribution in [1.29, 1.82) is 0 Å². The second kappa shape index (κ2) is 4.45. The molecule has 1 aliphatic rings. The summed E-state index contributed by atoms with van der Waals surface area (Å²) in [6.45, 7) is 3.13. The second-order valence-electron chi connectivity index (χ2n) is 4.08.